The van der Waals surface area contributed by atoms with E-state index in [2.05, 4.69) is 22.4 Å². The third kappa shape index (κ3) is 4.78. The van der Waals surface area contributed by atoms with Crippen molar-refractivity contribution >= 4 is 22.9 Å². The minimum absolute atomic E-state index is 0.107. The van der Waals surface area contributed by atoms with Gasteiger partial charge in [-0.3, -0.25) is 4.79 Å². The van der Waals surface area contributed by atoms with Crippen LogP contribution in [0.5, 0.6) is 0 Å². The van der Waals surface area contributed by atoms with E-state index >= 15 is 0 Å². The highest BCUT2D eigenvalue weighted by Gasteiger charge is 2.42. The molecular weight excluding hydrogens is 356 g/mol. The predicted molar refractivity (Wildman–Crippen MR) is 112 cm³/mol. The SMILES string of the molecule is CCC(=O)N(c1ccccc1)C1(CCO)CCN(CCc2cccs2)CC1. The highest BCUT2D eigenvalue weighted by molar-refractivity contribution is 7.09. The lowest BCUT2D eigenvalue weighted by Gasteiger charge is -2.49. The van der Waals surface area contributed by atoms with Crippen LogP contribution in [0.1, 0.15) is 37.5 Å². The van der Waals surface area contributed by atoms with Crippen molar-refractivity contribution in [2.24, 2.45) is 0 Å². The Kier molecular flexibility index (Phi) is 7.05. The van der Waals surface area contributed by atoms with Crippen LogP contribution in [-0.4, -0.2) is 47.7 Å². The second kappa shape index (κ2) is 9.49. The summed E-state index contributed by atoms with van der Waals surface area (Å²) in [6.45, 7) is 5.01. The number of hydrogen-bond acceptors (Lipinski definition) is 4. The van der Waals surface area contributed by atoms with Gasteiger partial charge in [0, 0.05) is 43.2 Å². The smallest absolute Gasteiger partial charge is 0.227 e. The van der Waals surface area contributed by atoms with Crippen LogP contribution in [0.15, 0.2) is 47.8 Å². The Morgan fingerprint density at radius 2 is 1.93 bits per heavy atom. The molecule has 1 saturated heterocycles. The average molecular weight is 387 g/mol. The quantitative estimate of drug-likeness (QED) is 0.747. The van der Waals surface area contributed by atoms with Crippen molar-refractivity contribution in [1.29, 1.82) is 0 Å². The number of aliphatic hydroxyl groups is 1. The molecule has 27 heavy (non-hydrogen) atoms. The number of carbonyl (C=O) groups is 1. The molecule has 1 fully saturated rings. The number of anilines is 1. The third-order valence-electron chi connectivity index (χ3n) is 5.66. The molecule has 0 bridgehead atoms. The van der Waals surface area contributed by atoms with Crippen molar-refractivity contribution in [2.75, 3.05) is 31.1 Å². The van der Waals surface area contributed by atoms with E-state index in [1.54, 1.807) is 0 Å². The molecule has 2 heterocycles. The van der Waals surface area contributed by atoms with Gasteiger partial charge in [-0.25, -0.2) is 0 Å². The van der Waals surface area contributed by atoms with Crippen LogP contribution in [0.25, 0.3) is 0 Å². The lowest BCUT2D eigenvalue weighted by Crippen LogP contribution is -2.58. The van der Waals surface area contributed by atoms with E-state index in [0.29, 0.717) is 12.8 Å². The molecule has 1 aromatic carbocycles. The molecule has 2 aromatic rings. The Labute approximate surface area is 166 Å². The zero-order valence-electron chi connectivity index (χ0n) is 16.1. The van der Waals surface area contributed by atoms with Crippen molar-refractivity contribution in [3.05, 3.63) is 52.7 Å². The number of aliphatic hydroxyl groups excluding tert-OH is 1. The summed E-state index contributed by atoms with van der Waals surface area (Å²) in [5.74, 6) is 0.140. The molecule has 0 aliphatic carbocycles. The summed E-state index contributed by atoms with van der Waals surface area (Å²) >= 11 is 1.82. The van der Waals surface area contributed by atoms with Gasteiger partial charge in [-0.1, -0.05) is 31.2 Å². The first-order chi connectivity index (χ1) is 13.2. The number of rotatable bonds is 8. The molecule has 4 nitrogen and oxygen atoms in total. The Hall–Kier alpha value is -1.69. The van der Waals surface area contributed by atoms with E-state index in [1.165, 1.54) is 4.88 Å². The van der Waals surface area contributed by atoms with E-state index in [1.807, 2.05) is 53.5 Å². The lowest BCUT2D eigenvalue weighted by molar-refractivity contribution is -0.120. The highest BCUT2D eigenvalue weighted by atomic mass is 32.1. The molecule has 0 saturated carbocycles. The summed E-state index contributed by atoms with van der Waals surface area (Å²) in [6, 6.07) is 14.3. The molecule has 0 radical (unpaired) electrons. The topological polar surface area (TPSA) is 43.8 Å². The minimum atomic E-state index is -0.289. The number of nitrogens with zero attached hydrogens (tertiary/aromatic N) is 2. The van der Waals surface area contributed by atoms with Crippen molar-refractivity contribution in [3.8, 4) is 0 Å². The van der Waals surface area contributed by atoms with Gasteiger partial charge in [-0.05, 0) is 49.3 Å². The maximum atomic E-state index is 12.9. The summed E-state index contributed by atoms with van der Waals surface area (Å²) in [5, 5.41) is 11.9. The molecule has 5 heteroatoms. The van der Waals surface area contributed by atoms with Crippen molar-refractivity contribution in [3.63, 3.8) is 0 Å². The van der Waals surface area contributed by atoms with Crippen LogP contribution < -0.4 is 4.90 Å². The number of thiophene rings is 1. The molecule has 0 atom stereocenters. The molecule has 1 aromatic heterocycles. The first-order valence-corrected chi connectivity index (χ1v) is 10.8. The second-order valence-corrected chi connectivity index (χ2v) is 8.32. The average Bonchev–Trinajstić information content (AvgIpc) is 3.22. The molecule has 1 amide bonds. The Balaban J connectivity index is 1.74. The summed E-state index contributed by atoms with van der Waals surface area (Å²) < 4.78 is 0. The monoisotopic (exact) mass is 386 g/mol. The zero-order valence-corrected chi connectivity index (χ0v) is 17.0. The van der Waals surface area contributed by atoms with Crippen molar-refractivity contribution < 1.29 is 9.90 Å². The van der Waals surface area contributed by atoms with Crippen LogP contribution in [-0.2, 0) is 11.2 Å². The normalized spacial score (nSPS) is 17.0. The van der Waals surface area contributed by atoms with E-state index in [-0.39, 0.29) is 18.1 Å². The molecule has 1 aliphatic heterocycles. The molecule has 0 spiro atoms. The molecule has 146 valence electrons. The Morgan fingerprint density at radius 3 is 2.52 bits per heavy atom. The standard InChI is InChI=1S/C22H30N2O2S/c1-2-21(26)24(19-7-4-3-5-8-19)22(13-17-25)11-15-23(16-12-22)14-10-20-9-6-18-27-20/h3-9,18,25H,2,10-17H2,1H3. The van der Waals surface area contributed by atoms with Crippen LogP contribution >= 0.6 is 11.3 Å². The molecular formula is C22H30N2O2S. The summed E-state index contributed by atoms with van der Waals surface area (Å²) in [6.07, 6.45) is 3.99. The van der Waals surface area contributed by atoms with E-state index in [9.17, 15) is 9.90 Å². The van der Waals surface area contributed by atoms with E-state index < -0.39 is 0 Å². The van der Waals surface area contributed by atoms with Crippen LogP contribution in [0.3, 0.4) is 0 Å². The maximum Gasteiger partial charge on any atom is 0.227 e. The van der Waals surface area contributed by atoms with E-state index in [0.717, 1.165) is 44.6 Å². The largest absolute Gasteiger partial charge is 0.396 e. The van der Waals surface area contributed by atoms with Crippen molar-refractivity contribution in [1.82, 2.24) is 4.90 Å². The fourth-order valence-corrected chi connectivity index (χ4v) is 4.83. The van der Waals surface area contributed by atoms with Gasteiger partial charge in [0.15, 0.2) is 0 Å². The number of likely N-dealkylation sites (tertiary alicyclic amines) is 1. The fourth-order valence-electron chi connectivity index (χ4n) is 4.13. The molecule has 0 unspecified atom stereocenters. The third-order valence-corrected chi connectivity index (χ3v) is 6.60. The van der Waals surface area contributed by atoms with Gasteiger partial charge in [0.25, 0.3) is 0 Å². The zero-order chi connectivity index (χ0) is 19.1. The number of piperidine rings is 1. The van der Waals surface area contributed by atoms with Gasteiger partial charge < -0.3 is 14.9 Å². The summed E-state index contributed by atoms with van der Waals surface area (Å²) in [4.78, 5) is 18.8. The van der Waals surface area contributed by atoms with Crippen LogP contribution in [0, 0.1) is 0 Å². The fraction of sp³-hybridized carbons (Fsp3) is 0.500. The van der Waals surface area contributed by atoms with Crippen LogP contribution in [0.4, 0.5) is 5.69 Å². The van der Waals surface area contributed by atoms with Gasteiger partial charge in [0.2, 0.25) is 5.91 Å². The first-order valence-electron chi connectivity index (χ1n) is 9.92. The lowest BCUT2D eigenvalue weighted by atomic mass is 9.81. The molecule has 1 aliphatic rings. The molecule has 3 rings (SSSR count). The van der Waals surface area contributed by atoms with Gasteiger partial charge >= 0.3 is 0 Å². The highest BCUT2D eigenvalue weighted by Crippen LogP contribution is 2.36. The number of benzene rings is 1. The summed E-state index contributed by atoms with van der Waals surface area (Å²) in [7, 11) is 0. The number of amides is 1. The second-order valence-electron chi connectivity index (χ2n) is 7.29. The summed E-state index contributed by atoms with van der Waals surface area (Å²) in [5.41, 5.74) is 0.660. The van der Waals surface area contributed by atoms with Gasteiger partial charge in [-0.15, -0.1) is 11.3 Å². The predicted octanol–water partition coefficient (Wildman–Crippen LogP) is 3.95. The number of carbonyl (C=O) groups excluding carboxylic acids is 1. The Bertz CT molecular complexity index is 694. The number of hydrogen-bond donors (Lipinski definition) is 1. The van der Waals surface area contributed by atoms with Gasteiger partial charge in [-0.2, -0.15) is 0 Å². The molecule has 1 N–H and O–H groups in total. The first kappa shape index (κ1) is 20.1. The number of para-hydroxylation sites is 1. The van der Waals surface area contributed by atoms with Crippen molar-refractivity contribution in [2.45, 2.75) is 44.6 Å². The van der Waals surface area contributed by atoms with Gasteiger partial charge in [0.1, 0.15) is 0 Å². The van der Waals surface area contributed by atoms with Crippen LogP contribution in [0.2, 0.25) is 0 Å². The maximum absolute atomic E-state index is 12.9. The van der Waals surface area contributed by atoms with E-state index in [4.69, 9.17) is 0 Å². The van der Waals surface area contributed by atoms with Gasteiger partial charge in [0.05, 0.1) is 5.54 Å². The minimum Gasteiger partial charge on any atom is -0.396 e. The Morgan fingerprint density at radius 1 is 1.19 bits per heavy atom.